The van der Waals surface area contributed by atoms with Crippen LogP contribution in [0.2, 0.25) is 0 Å². The third-order valence-electron chi connectivity index (χ3n) is 1.21. The highest BCUT2D eigenvalue weighted by Gasteiger charge is 2.17. The second-order valence-electron chi connectivity index (χ2n) is 2.27. The lowest BCUT2D eigenvalue weighted by molar-refractivity contribution is -0.106. The number of aromatic nitrogens is 2. The topological polar surface area (TPSA) is 64.4 Å². The van der Waals surface area contributed by atoms with Crippen LogP contribution in [0.1, 0.15) is 17.8 Å². The van der Waals surface area contributed by atoms with E-state index in [-0.39, 0.29) is 11.5 Å². The Morgan fingerprint density at radius 3 is 2.86 bits per heavy atom. The number of oxime groups is 1. The zero-order valence-corrected chi connectivity index (χ0v) is 9.22. The normalized spacial score (nSPS) is 11.5. The number of rotatable bonds is 4. The molecule has 0 unspecified atom stereocenters. The number of carbonyl (C=O) groups excluding carboxylic acids is 1. The maximum absolute atomic E-state index is 10.9. The molecule has 1 heterocycles. The third-order valence-corrected chi connectivity index (χ3v) is 2.01. The van der Waals surface area contributed by atoms with Gasteiger partial charge in [0, 0.05) is 0 Å². The van der Waals surface area contributed by atoms with Crippen molar-refractivity contribution >= 4 is 34.1 Å². The second-order valence-corrected chi connectivity index (χ2v) is 3.57. The van der Waals surface area contributed by atoms with Gasteiger partial charge in [-0.05, 0) is 37.0 Å². The zero-order chi connectivity index (χ0) is 10.6. The molecule has 0 aliphatic rings. The van der Waals surface area contributed by atoms with Crippen molar-refractivity contribution in [2.24, 2.45) is 5.16 Å². The molecule has 76 valence electrons. The summed E-state index contributed by atoms with van der Waals surface area (Å²) in [4.78, 5) is 19.6. The highest BCUT2D eigenvalue weighted by atomic mass is 35.5. The lowest BCUT2D eigenvalue weighted by atomic mass is 10.4. The Hall–Kier alpha value is -1.01. The van der Waals surface area contributed by atoms with Gasteiger partial charge in [-0.1, -0.05) is 5.16 Å². The predicted octanol–water partition coefficient (Wildman–Crippen LogP) is 1.35. The van der Waals surface area contributed by atoms with E-state index in [1.165, 1.54) is 11.5 Å². The molecule has 0 N–H and O–H groups in total. The Labute approximate surface area is 89.9 Å². The molecule has 7 heteroatoms. The first kappa shape index (κ1) is 11.1. The predicted molar refractivity (Wildman–Crippen MR) is 53.7 cm³/mol. The maximum atomic E-state index is 10.9. The molecule has 0 radical (unpaired) electrons. The Morgan fingerprint density at radius 2 is 2.43 bits per heavy atom. The van der Waals surface area contributed by atoms with Gasteiger partial charge in [0.25, 0.3) is 5.24 Å². The Kier molecular flexibility index (Phi) is 3.97. The van der Waals surface area contributed by atoms with Crippen molar-refractivity contribution < 1.29 is 9.63 Å². The quantitative estimate of drug-likeness (QED) is 0.447. The largest absolute Gasteiger partial charge is 0.395 e. The molecule has 0 bridgehead atoms. The first-order valence-electron chi connectivity index (χ1n) is 3.85. The average molecular weight is 234 g/mol. The van der Waals surface area contributed by atoms with Crippen molar-refractivity contribution in [2.75, 3.05) is 6.61 Å². The number of carbonyl (C=O) groups is 1. The maximum Gasteiger partial charge on any atom is 0.278 e. The molecule has 14 heavy (non-hydrogen) atoms. The second kappa shape index (κ2) is 5.02. The van der Waals surface area contributed by atoms with Gasteiger partial charge >= 0.3 is 0 Å². The van der Waals surface area contributed by atoms with Crippen LogP contribution in [0, 0.1) is 6.92 Å². The van der Waals surface area contributed by atoms with Crippen molar-refractivity contribution in [3.05, 3.63) is 10.8 Å². The number of aryl methyl sites for hydroxylation is 1. The van der Waals surface area contributed by atoms with Gasteiger partial charge in [0.15, 0.2) is 5.82 Å². The third kappa shape index (κ3) is 2.74. The summed E-state index contributed by atoms with van der Waals surface area (Å²) in [7, 11) is 0. The molecule has 0 saturated heterocycles. The van der Waals surface area contributed by atoms with E-state index in [0.717, 1.165) is 5.01 Å². The van der Waals surface area contributed by atoms with Crippen LogP contribution in [0.3, 0.4) is 0 Å². The molecule has 1 aromatic rings. The molecule has 0 saturated carbocycles. The van der Waals surface area contributed by atoms with E-state index in [0.29, 0.717) is 6.61 Å². The van der Waals surface area contributed by atoms with E-state index < -0.39 is 5.24 Å². The molecule has 0 amide bonds. The summed E-state index contributed by atoms with van der Waals surface area (Å²) in [6.45, 7) is 3.88. The summed E-state index contributed by atoms with van der Waals surface area (Å²) in [6, 6.07) is 0. The standard InChI is InChI=1S/C7H8ClN3O2S/c1-3-13-10-5(6(8)12)7-9-4(2)14-11-7/h3H2,1-2H3/b10-5+. The van der Waals surface area contributed by atoms with Crippen LogP contribution in [-0.4, -0.2) is 26.9 Å². The van der Waals surface area contributed by atoms with Gasteiger partial charge in [-0.3, -0.25) is 4.79 Å². The van der Waals surface area contributed by atoms with Gasteiger partial charge in [-0.15, -0.1) is 0 Å². The van der Waals surface area contributed by atoms with Crippen LogP contribution in [-0.2, 0) is 9.63 Å². The molecule has 5 nitrogen and oxygen atoms in total. The van der Waals surface area contributed by atoms with E-state index in [2.05, 4.69) is 14.5 Å². The molecule has 0 aliphatic heterocycles. The van der Waals surface area contributed by atoms with Crippen molar-refractivity contribution in [3.8, 4) is 0 Å². The number of hydrogen-bond donors (Lipinski definition) is 0. The van der Waals surface area contributed by atoms with Gasteiger partial charge in [-0.2, -0.15) is 4.37 Å². The average Bonchev–Trinajstić information content (AvgIpc) is 2.52. The van der Waals surface area contributed by atoms with E-state index in [9.17, 15) is 4.79 Å². The fourth-order valence-electron chi connectivity index (χ4n) is 0.689. The minimum atomic E-state index is -0.726. The van der Waals surface area contributed by atoms with Crippen LogP contribution < -0.4 is 0 Å². The van der Waals surface area contributed by atoms with Crippen LogP contribution in [0.4, 0.5) is 0 Å². The van der Waals surface area contributed by atoms with Crippen LogP contribution in [0.25, 0.3) is 0 Å². The van der Waals surface area contributed by atoms with Crippen molar-refractivity contribution in [3.63, 3.8) is 0 Å². The molecule has 0 spiro atoms. The zero-order valence-electron chi connectivity index (χ0n) is 7.65. The fraction of sp³-hybridized carbons (Fsp3) is 0.429. The van der Waals surface area contributed by atoms with Crippen LogP contribution in [0.15, 0.2) is 5.16 Å². The van der Waals surface area contributed by atoms with Crippen LogP contribution in [0.5, 0.6) is 0 Å². The van der Waals surface area contributed by atoms with Crippen LogP contribution >= 0.6 is 23.1 Å². The summed E-state index contributed by atoms with van der Waals surface area (Å²) in [6.07, 6.45) is 0. The Balaban J connectivity index is 2.94. The van der Waals surface area contributed by atoms with Gasteiger partial charge in [0.1, 0.15) is 11.6 Å². The molecule has 1 rings (SSSR count). The molecule has 0 fully saturated rings. The molecule has 1 aromatic heterocycles. The summed E-state index contributed by atoms with van der Waals surface area (Å²) >= 11 is 6.47. The number of hydrogen-bond acceptors (Lipinski definition) is 6. The highest BCUT2D eigenvalue weighted by Crippen LogP contribution is 2.06. The van der Waals surface area contributed by atoms with Gasteiger partial charge in [0.05, 0.1) is 0 Å². The lowest BCUT2D eigenvalue weighted by Crippen LogP contribution is -2.12. The van der Waals surface area contributed by atoms with Gasteiger partial charge in [0.2, 0.25) is 5.71 Å². The number of halogens is 1. The first-order chi connectivity index (χ1) is 6.65. The van der Waals surface area contributed by atoms with Crippen molar-refractivity contribution in [2.45, 2.75) is 13.8 Å². The van der Waals surface area contributed by atoms with E-state index in [1.54, 1.807) is 13.8 Å². The summed E-state index contributed by atoms with van der Waals surface area (Å²) < 4.78 is 3.90. The number of nitrogens with zero attached hydrogens (tertiary/aromatic N) is 3. The monoisotopic (exact) mass is 233 g/mol. The highest BCUT2D eigenvalue weighted by molar-refractivity contribution is 7.05. The Bertz CT molecular complexity index is 364. The van der Waals surface area contributed by atoms with Gasteiger partial charge < -0.3 is 4.84 Å². The first-order valence-corrected chi connectivity index (χ1v) is 5.00. The summed E-state index contributed by atoms with van der Waals surface area (Å²) in [5, 5.41) is 3.55. The van der Waals surface area contributed by atoms with E-state index >= 15 is 0 Å². The summed E-state index contributed by atoms with van der Waals surface area (Å²) in [5.41, 5.74) is -0.0575. The fourth-order valence-corrected chi connectivity index (χ4v) is 1.28. The van der Waals surface area contributed by atoms with Crippen molar-refractivity contribution in [1.82, 2.24) is 9.36 Å². The van der Waals surface area contributed by atoms with E-state index in [4.69, 9.17) is 16.4 Å². The van der Waals surface area contributed by atoms with E-state index in [1.807, 2.05) is 0 Å². The minimum Gasteiger partial charge on any atom is -0.395 e. The SMILES string of the molecule is CCO/N=C(\C(=O)Cl)c1nsc(C)n1. The lowest BCUT2D eigenvalue weighted by Gasteiger charge is -1.95. The minimum absolute atomic E-state index is 0.0575. The van der Waals surface area contributed by atoms with Crippen molar-refractivity contribution in [1.29, 1.82) is 0 Å². The Morgan fingerprint density at radius 1 is 1.71 bits per heavy atom. The van der Waals surface area contributed by atoms with Gasteiger partial charge in [-0.25, -0.2) is 4.98 Å². The molecular formula is C7H8ClN3O2S. The summed E-state index contributed by atoms with van der Waals surface area (Å²) in [5.74, 6) is 0.209. The molecule has 0 atom stereocenters. The molecule has 0 aromatic carbocycles. The molecular weight excluding hydrogens is 226 g/mol. The smallest absolute Gasteiger partial charge is 0.278 e. The molecule has 0 aliphatic carbocycles.